The summed E-state index contributed by atoms with van der Waals surface area (Å²) in [5.41, 5.74) is 1.48. The number of esters is 1. The molecule has 1 amide bonds. The Morgan fingerprint density at radius 3 is 2.50 bits per heavy atom. The summed E-state index contributed by atoms with van der Waals surface area (Å²) < 4.78 is 6.61. The maximum Gasteiger partial charge on any atom is 0.302 e. The highest BCUT2D eigenvalue weighted by Gasteiger charge is 2.18. The van der Waals surface area contributed by atoms with Gasteiger partial charge in [-0.1, -0.05) is 31.7 Å². The highest BCUT2D eigenvalue weighted by atomic mass is 16.5. The quantitative estimate of drug-likeness (QED) is 0.549. The molecule has 1 atom stereocenters. The Hall–Kier alpha value is -2.63. The summed E-state index contributed by atoms with van der Waals surface area (Å²) in [6.45, 7) is 5.26. The minimum Gasteiger partial charge on any atom is -0.464 e. The summed E-state index contributed by atoms with van der Waals surface area (Å²) >= 11 is 0. The first-order valence-electron chi connectivity index (χ1n) is 10.9. The molecular weight excluding hydrogens is 380 g/mol. The maximum atomic E-state index is 13.0. The van der Waals surface area contributed by atoms with Gasteiger partial charge >= 0.3 is 5.97 Å². The lowest BCUT2D eigenvalue weighted by Gasteiger charge is -2.18. The molecule has 0 unspecified atom stereocenters. The van der Waals surface area contributed by atoms with E-state index in [1.807, 2.05) is 26.0 Å². The van der Waals surface area contributed by atoms with E-state index in [2.05, 4.69) is 5.32 Å². The van der Waals surface area contributed by atoms with Crippen LogP contribution in [0.25, 0.3) is 10.8 Å². The number of aryl methyl sites for hydroxylation is 1. The van der Waals surface area contributed by atoms with E-state index < -0.39 is 0 Å². The number of pyridine rings is 1. The van der Waals surface area contributed by atoms with Gasteiger partial charge < -0.3 is 14.6 Å². The van der Waals surface area contributed by atoms with Gasteiger partial charge in [0.25, 0.3) is 5.56 Å². The standard InChI is InChI=1S/C24H32N2O4/c1-16-10-11-21-20(12-13-26(24(21)29)17(2)15-30-18(3)27)23(16)25-22(28)14-19-8-6-4-5-7-9-19/h10-13,17,19H,4-9,14-15H2,1-3H3,(H,25,28)/t17-/m1/s1. The average molecular weight is 413 g/mol. The lowest BCUT2D eigenvalue weighted by Crippen LogP contribution is -2.26. The van der Waals surface area contributed by atoms with Crippen molar-refractivity contribution in [3.05, 3.63) is 40.3 Å². The summed E-state index contributed by atoms with van der Waals surface area (Å²) in [4.78, 5) is 36.9. The molecule has 2 aromatic rings. The van der Waals surface area contributed by atoms with Gasteiger partial charge in [0.15, 0.2) is 0 Å². The van der Waals surface area contributed by atoms with Crippen LogP contribution in [0.15, 0.2) is 29.2 Å². The molecule has 0 radical (unpaired) electrons. The third-order valence-corrected chi connectivity index (χ3v) is 6.04. The smallest absolute Gasteiger partial charge is 0.302 e. The third-order valence-electron chi connectivity index (χ3n) is 6.04. The number of ether oxygens (including phenoxy) is 1. The zero-order valence-electron chi connectivity index (χ0n) is 18.2. The second kappa shape index (κ2) is 9.92. The van der Waals surface area contributed by atoms with Crippen LogP contribution >= 0.6 is 0 Å². The molecule has 1 fully saturated rings. The van der Waals surface area contributed by atoms with E-state index in [4.69, 9.17) is 4.74 Å². The Bertz CT molecular complexity index is 971. The van der Waals surface area contributed by atoms with Crippen molar-refractivity contribution < 1.29 is 14.3 Å². The predicted molar refractivity (Wildman–Crippen MR) is 119 cm³/mol. The lowest BCUT2D eigenvalue weighted by molar-refractivity contribution is -0.142. The number of hydrogen-bond donors (Lipinski definition) is 1. The van der Waals surface area contributed by atoms with E-state index in [9.17, 15) is 14.4 Å². The first kappa shape index (κ1) is 22.1. The number of nitrogens with one attached hydrogen (secondary N) is 1. The predicted octanol–water partition coefficient (Wildman–Crippen LogP) is 4.73. The van der Waals surface area contributed by atoms with Crippen LogP contribution in [0.4, 0.5) is 5.69 Å². The van der Waals surface area contributed by atoms with Crippen LogP contribution in [0.5, 0.6) is 0 Å². The van der Waals surface area contributed by atoms with E-state index >= 15 is 0 Å². The first-order chi connectivity index (χ1) is 14.4. The molecule has 0 bridgehead atoms. The van der Waals surface area contributed by atoms with Crippen LogP contribution in [0.2, 0.25) is 0 Å². The van der Waals surface area contributed by atoms with E-state index in [1.54, 1.807) is 16.8 Å². The normalized spacial score (nSPS) is 16.1. The van der Waals surface area contributed by atoms with Gasteiger partial charge in [0, 0.05) is 30.3 Å². The van der Waals surface area contributed by atoms with Crippen molar-refractivity contribution in [1.29, 1.82) is 0 Å². The number of carbonyl (C=O) groups excluding carboxylic acids is 2. The first-order valence-corrected chi connectivity index (χ1v) is 10.9. The molecule has 1 aliphatic carbocycles. The van der Waals surface area contributed by atoms with Crippen molar-refractivity contribution in [3.63, 3.8) is 0 Å². The van der Waals surface area contributed by atoms with Gasteiger partial charge in [0.2, 0.25) is 5.91 Å². The minimum absolute atomic E-state index is 0.0184. The summed E-state index contributed by atoms with van der Waals surface area (Å²) in [5.74, 6) is 0.0945. The van der Waals surface area contributed by atoms with E-state index in [0.717, 1.165) is 23.8 Å². The minimum atomic E-state index is -0.370. The molecule has 1 heterocycles. The fourth-order valence-corrected chi connectivity index (χ4v) is 4.30. The topological polar surface area (TPSA) is 77.4 Å². The number of carbonyl (C=O) groups is 2. The van der Waals surface area contributed by atoms with Gasteiger partial charge in [-0.15, -0.1) is 0 Å². The van der Waals surface area contributed by atoms with Crippen LogP contribution in [-0.4, -0.2) is 23.1 Å². The fourth-order valence-electron chi connectivity index (χ4n) is 4.30. The van der Waals surface area contributed by atoms with Gasteiger partial charge in [0.05, 0.1) is 11.7 Å². The summed E-state index contributed by atoms with van der Waals surface area (Å²) in [5, 5.41) is 4.37. The van der Waals surface area contributed by atoms with Gasteiger partial charge in [-0.2, -0.15) is 0 Å². The van der Waals surface area contributed by atoms with Crippen molar-refractivity contribution in [2.45, 2.75) is 71.8 Å². The molecule has 6 heteroatoms. The van der Waals surface area contributed by atoms with E-state index in [0.29, 0.717) is 23.4 Å². The molecule has 6 nitrogen and oxygen atoms in total. The average Bonchev–Trinajstić information content (AvgIpc) is 2.97. The Morgan fingerprint density at radius 2 is 1.83 bits per heavy atom. The SMILES string of the molecule is CC(=O)OC[C@@H](C)n1ccc2c(NC(=O)CC3CCCCCC3)c(C)ccc2c1=O. The Morgan fingerprint density at radius 1 is 1.13 bits per heavy atom. The fraction of sp³-hybridized carbons (Fsp3) is 0.542. The zero-order valence-corrected chi connectivity index (χ0v) is 18.2. The summed E-state index contributed by atoms with van der Waals surface area (Å²) in [6, 6.07) is 5.24. The number of amides is 1. The van der Waals surface area contributed by atoms with Crippen LogP contribution in [0.3, 0.4) is 0 Å². The second-order valence-electron chi connectivity index (χ2n) is 8.51. The number of hydrogen-bond acceptors (Lipinski definition) is 4. The largest absolute Gasteiger partial charge is 0.464 e. The molecule has 0 spiro atoms. The molecule has 1 saturated carbocycles. The third kappa shape index (κ3) is 5.29. The molecule has 0 aliphatic heterocycles. The van der Waals surface area contributed by atoms with Gasteiger partial charge in [-0.3, -0.25) is 14.4 Å². The number of benzene rings is 1. The van der Waals surface area contributed by atoms with Gasteiger partial charge in [-0.05, 0) is 50.3 Å². The Balaban J connectivity index is 1.83. The summed E-state index contributed by atoms with van der Waals surface area (Å²) in [7, 11) is 0. The molecule has 1 aromatic heterocycles. The maximum absolute atomic E-state index is 13.0. The van der Waals surface area contributed by atoms with E-state index in [-0.39, 0.29) is 30.1 Å². The summed E-state index contributed by atoms with van der Waals surface area (Å²) in [6.07, 6.45) is 9.42. The van der Waals surface area contributed by atoms with Crippen LogP contribution in [-0.2, 0) is 14.3 Å². The van der Waals surface area contributed by atoms with Crippen molar-refractivity contribution in [3.8, 4) is 0 Å². The van der Waals surface area contributed by atoms with Crippen molar-refractivity contribution in [1.82, 2.24) is 4.57 Å². The van der Waals surface area contributed by atoms with Gasteiger partial charge in [0.1, 0.15) is 6.61 Å². The second-order valence-corrected chi connectivity index (χ2v) is 8.51. The molecule has 1 aromatic carbocycles. The number of nitrogens with zero attached hydrogens (tertiary/aromatic N) is 1. The van der Waals surface area contributed by atoms with Crippen LogP contribution in [0.1, 0.15) is 70.4 Å². The Labute approximate surface area is 177 Å². The van der Waals surface area contributed by atoms with Crippen LogP contribution in [0, 0.1) is 12.8 Å². The molecule has 3 rings (SSSR count). The zero-order chi connectivity index (χ0) is 21.7. The highest BCUT2D eigenvalue weighted by Crippen LogP contribution is 2.29. The highest BCUT2D eigenvalue weighted by molar-refractivity contribution is 6.03. The lowest BCUT2D eigenvalue weighted by atomic mass is 9.96. The van der Waals surface area contributed by atoms with Crippen molar-refractivity contribution in [2.24, 2.45) is 5.92 Å². The number of aromatic nitrogens is 1. The van der Waals surface area contributed by atoms with Gasteiger partial charge in [-0.25, -0.2) is 0 Å². The van der Waals surface area contributed by atoms with E-state index in [1.165, 1.54) is 32.6 Å². The molecular formula is C24H32N2O4. The molecule has 0 saturated heterocycles. The number of rotatable bonds is 6. The number of anilines is 1. The molecule has 162 valence electrons. The monoisotopic (exact) mass is 412 g/mol. The molecule has 1 N–H and O–H groups in total. The Kier molecular flexibility index (Phi) is 7.29. The molecule has 30 heavy (non-hydrogen) atoms. The molecule has 1 aliphatic rings. The van der Waals surface area contributed by atoms with Crippen LogP contribution < -0.4 is 10.9 Å². The van der Waals surface area contributed by atoms with Crippen molar-refractivity contribution >= 4 is 28.3 Å². The van der Waals surface area contributed by atoms with Crippen molar-refractivity contribution in [2.75, 3.05) is 11.9 Å². The number of fused-ring (bicyclic) bond motifs is 1.